The lowest BCUT2D eigenvalue weighted by Gasteiger charge is -2.37. The van der Waals surface area contributed by atoms with Crippen LogP contribution in [-0.2, 0) is 4.79 Å². The van der Waals surface area contributed by atoms with Crippen molar-refractivity contribution in [3.05, 3.63) is 0 Å². The average molecular weight is 282 g/mol. The Kier molecular flexibility index (Phi) is 6.26. The van der Waals surface area contributed by atoms with Crippen molar-refractivity contribution in [1.82, 2.24) is 20.0 Å². The molecule has 2 aliphatic heterocycles. The second-order valence-electron chi connectivity index (χ2n) is 6.10. The minimum absolute atomic E-state index is 0.292. The van der Waals surface area contributed by atoms with Crippen LogP contribution < -0.4 is 5.32 Å². The standard InChI is InChI=1S/C15H30N4O/c1-3-8-18-9-4-14(5-10-18)17(2)15(20)13-19-11-6-16-7-12-19/h14,16H,3-13H2,1-2H3. The molecule has 2 fully saturated rings. The second-order valence-corrected chi connectivity index (χ2v) is 6.10. The summed E-state index contributed by atoms with van der Waals surface area (Å²) in [6.07, 6.45) is 3.48. The van der Waals surface area contributed by atoms with Gasteiger partial charge in [-0.15, -0.1) is 0 Å². The molecule has 116 valence electrons. The number of amides is 1. The van der Waals surface area contributed by atoms with Crippen molar-refractivity contribution in [2.45, 2.75) is 32.2 Å². The van der Waals surface area contributed by atoms with E-state index in [4.69, 9.17) is 0 Å². The molecule has 1 amide bonds. The maximum atomic E-state index is 12.4. The molecule has 0 bridgehead atoms. The molecular weight excluding hydrogens is 252 g/mol. The third kappa shape index (κ3) is 4.43. The van der Waals surface area contributed by atoms with E-state index < -0.39 is 0 Å². The van der Waals surface area contributed by atoms with Crippen LogP contribution in [0.4, 0.5) is 0 Å². The maximum Gasteiger partial charge on any atom is 0.236 e. The molecule has 0 unspecified atom stereocenters. The van der Waals surface area contributed by atoms with Gasteiger partial charge in [0.2, 0.25) is 5.91 Å². The minimum atomic E-state index is 0.292. The molecule has 1 N–H and O–H groups in total. The molecule has 5 nitrogen and oxygen atoms in total. The zero-order valence-corrected chi connectivity index (χ0v) is 13.1. The Balaban J connectivity index is 1.73. The highest BCUT2D eigenvalue weighted by molar-refractivity contribution is 5.78. The smallest absolute Gasteiger partial charge is 0.236 e. The molecule has 2 aliphatic rings. The second kappa shape index (κ2) is 7.96. The number of hydrogen-bond acceptors (Lipinski definition) is 4. The first-order valence-electron chi connectivity index (χ1n) is 8.11. The van der Waals surface area contributed by atoms with Gasteiger partial charge in [-0.3, -0.25) is 9.69 Å². The summed E-state index contributed by atoms with van der Waals surface area (Å²) in [6, 6.07) is 0.443. The number of piperazine rings is 1. The topological polar surface area (TPSA) is 38.8 Å². The summed E-state index contributed by atoms with van der Waals surface area (Å²) in [6.45, 7) is 10.3. The van der Waals surface area contributed by atoms with E-state index >= 15 is 0 Å². The van der Waals surface area contributed by atoms with Gasteiger partial charge in [-0.05, 0) is 25.8 Å². The first kappa shape index (κ1) is 15.7. The molecule has 2 heterocycles. The highest BCUT2D eigenvalue weighted by Crippen LogP contribution is 2.16. The molecule has 0 aromatic rings. The van der Waals surface area contributed by atoms with Crippen molar-refractivity contribution in [1.29, 1.82) is 0 Å². The average Bonchev–Trinajstić information content (AvgIpc) is 2.48. The molecule has 2 rings (SSSR count). The summed E-state index contributed by atoms with van der Waals surface area (Å²) in [4.78, 5) is 19.2. The number of carbonyl (C=O) groups is 1. The number of carbonyl (C=O) groups excluding carboxylic acids is 1. The summed E-state index contributed by atoms with van der Waals surface area (Å²) >= 11 is 0. The quantitative estimate of drug-likeness (QED) is 0.783. The van der Waals surface area contributed by atoms with Crippen molar-refractivity contribution in [2.75, 3.05) is 59.4 Å². The van der Waals surface area contributed by atoms with Gasteiger partial charge in [-0.1, -0.05) is 6.92 Å². The van der Waals surface area contributed by atoms with Gasteiger partial charge in [0.1, 0.15) is 0 Å². The number of likely N-dealkylation sites (N-methyl/N-ethyl adjacent to an activating group) is 1. The molecule has 5 heteroatoms. The van der Waals surface area contributed by atoms with Gasteiger partial charge >= 0.3 is 0 Å². The number of nitrogens with one attached hydrogen (secondary N) is 1. The van der Waals surface area contributed by atoms with Crippen LogP contribution >= 0.6 is 0 Å². The van der Waals surface area contributed by atoms with E-state index in [2.05, 4.69) is 22.0 Å². The number of hydrogen-bond donors (Lipinski definition) is 1. The molecule has 0 saturated carbocycles. The fourth-order valence-corrected chi connectivity index (χ4v) is 3.22. The predicted octanol–water partition coefficient (Wildman–Crippen LogP) is 0.224. The van der Waals surface area contributed by atoms with Gasteiger partial charge in [0, 0.05) is 52.4 Å². The van der Waals surface area contributed by atoms with Crippen LogP contribution in [0.3, 0.4) is 0 Å². The number of piperidine rings is 1. The van der Waals surface area contributed by atoms with Gasteiger partial charge in [0.05, 0.1) is 6.54 Å². The Bertz CT molecular complexity index is 296. The van der Waals surface area contributed by atoms with E-state index in [9.17, 15) is 4.79 Å². The van der Waals surface area contributed by atoms with E-state index in [0.717, 1.165) is 52.1 Å². The first-order valence-corrected chi connectivity index (χ1v) is 8.11. The summed E-state index contributed by atoms with van der Waals surface area (Å²) in [7, 11) is 1.99. The molecule has 2 saturated heterocycles. The first-order chi connectivity index (χ1) is 9.70. The molecule has 0 aromatic heterocycles. The normalized spacial score (nSPS) is 22.9. The van der Waals surface area contributed by atoms with Crippen molar-refractivity contribution >= 4 is 5.91 Å². The molecular formula is C15H30N4O. The summed E-state index contributed by atoms with van der Waals surface area (Å²) in [5, 5.41) is 3.33. The zero-order chi connectivity index (χ0) is 14.4. The van der Waals surface area contributed by atoms with Crippen molar-refractivity contribution in [3.63, 3.8) is 0 Å². The van der Waals surface area contributed by atoms with Crippen molar-refractivity contribution in [3.8, 4) is 0 Å². The molecule has 0 radical (unpaired) electrons. The Morgan fingerprint density at radius 2 is 1.80 bits per heavy atom. The van der Waals surface area contributed by atoms with E-state index in [0.29, 0.717) is 18.5 Å². The molecule has 0 atom stereocenters. The van der Waals surface area contributed by atoms with E-state index in [1.54, 1.807) is 0 Å². The van der Waals surface area contributed by atoms with Crippen molar-refractivity contribution in [2.24, 2.45) is 0 Å². The third-order valence-electron chi connectivity index (χ3n) is 4.61. The Hall–Kier alpha value is -0.650. The summed E-state index contributed by atoms with van der Waals surface area (Å²) in [5.41, 5.74) is 0. The van der Waals surface area contributed by atoms with Crippen LogP contribution in [0, 0.1) is 0 Å². The zero-order valence-electron chi connectivity index (χ0n) is 13.1. The number of nitrogens with zero attached hydrogens (tertiary/aromatic N) is 3. The molecule has 0 aromatic carbocycles. The minimum Gasteiger partial charge on any atom is -0.342 e. The van der Waals surface area contributed by atoms with E-state index in [1.165, 1.54) is 13.0 Å². The SMILES string of the molecule is CCCN1CCC(N(C)C(=O)CN2CCNCC2)CC1. The van der Waals surface area contributed by atoms with Gasteiger partial charge in [-0.25, -0.2) is 0 Å². The van der Waals surface area contributed by atoms with Crippen molar-refractivity contribution < 1.29 is 4.79 Å². The highest BCUT2D eigenvalue weighted by Gasteiger charge is 2.26. The lowest BCUT2D eigenvalue weighted by Crippen LogP contribution is -2.51. The van der Waals surface area contributed by atoms with Gasteiger partial charge in [-0.2, -0.15) is 0 Å². The van der Waals surface area contributed by atoms with Crippen LogP contribution in [0.1, 0.15) is 26.2 Å². The van der Waals surface area contributed by atoms with Gasteiger partial charge in [0.15, 0.2) is 0 Å². The van der Waals surface area contributed by atoms with Crippen LogP contribution in [0.2, 0.25) is 0 Å². The fraction of sp³-hybridized carbons (Fsp3) is 0.933. The predicted molar refractivity (Wildman–Crippen MR) is 81.8 cm³/mol. The number of likely N-dealkylation sites (tertiary alicyclic amines) is 1. The van der Waals surface area contributed by atoms with Crippen LogP contribution in [-0.4, -0.2) is 86.1 Å². The number of rotatable bonds is 5. The lowest BCUT2D eigenvalue weighted by molar-refractivity contribution is -0.134. The fourth-order valence-electron chi connectivity index (χ4n) is 3.22. The van der Waals surface area contributed by atoms with Gasteiger partial charge < -0.3 is 15.1 Å². The maximum absolute atomic E-state index is 12.4. The van der Waals surface area contributed by atoms with Crippen LogP contribution in [0.5, 0.6) is 0 Å². The van der Waals surface area contributed by atoms with Crippen LogP contribution in [0.15, 0.2) is 0 Å². The van der Waals surface area contributed by atoms with E-state index in [-0.39, 0.29) is 0 Å². The van der Waals surface area contributed by atoms with Gasteiger partial charge in [0.25, 0.3) is 0 Å². The lowest BCUT2D eigenvalue weighted by atomic mass is 10.0. The highest BCUT2D eigenvalue weighted by atomic mass is 16.2. The molecule has 0 spiro atoms. The third-order valence-corrected chi connectivity index (χ3v) is 4.61. The summed E-state index contributed by atoms with van der Waals surface area (Å²) < 4.78 is 0. The van der Waals surface area contributed by atoms with Crippen LogP contribution in [0.25, 0.3) is 0 Å². The summed E-state index contributed by atoms with van der Waals surface area (Å²) in [5.74, 6) is 0.292. The monoisotopic (exact) mass is 282 g/mol. The molecule has 0 aliphatic carbocycles. The Morgan fingerprint density at radius 3 is 2.40 bits per heavy atom. The largest absolute Gasteiger partial charge is 0.342 e. The Labute approximate surface area is 123 Å². The van der Waals surface area contributed by atoms with E-state index in [1.807, 2.05) is 11.9 Å². The molecule has 20 heavy (non-hydrogen) atoms. The Morgan fingerprint density at radius 1 is 1.15 bits per heavy atom.